The summed E-state index contributed by atoms with van der Waals surface area (Å²) >= 11 is 0. The molecule has 2 aromatic carbocycles. The minimum absolute atomic E-state index is 0.00361. The van der Waals surface area contributed by atoms with Crippen molar-refractivity contribution in [2.24, 2.45) is 0 Å². The van der Waals surface area contributed by atoms with Crippen molar-refractivity contribution in [3.63, 3.8) is 0 Å². The van der Waals surface area contributed by atoms with E-state index in [1.165, 1.54) is 31.4 Å². The number of hydrogen-bond donors (Lipinski definition) is 4. The van der Waals surface area contributed by atoms with Crippen LogP contribution in [0.2, 0.25) is 0 Å². The molecule has 174 valence electrons. The van der Waals surface area contributed by atoms with Crippen LogP contribution >= 0.6 is 0 Å². The zero-order chi connectivity index (χ0) is 24.0. The normalized spacial score (nSPS) is 25.2. The maximum Gasteiger partial charge on any atom is 0.199 e. The minimum atomic E-state index is -2.02. The molecule has 1 aliphatic heterocycles. The van der Waals surface area contributed by atoms with Crippen LogP contribution in [0.1, 0.15) is 11.7 Å². The first kappa shape index (κ1) is 22.6. The molecule has 1 aliphatic rings. The zero-order valence-electron chi connectivity index (χ0n) is 17.0. The van der Waals surface area contributed by atoms with Crippen molar-refractivity contribution in [1.82, 2.24) is 0 Å². The molecule has 4 N–H and O–H groups in total. The van der Waals surface area contributed by atoms with E-state index in [0.29, 0.717) is 5.56 Å². The van der Waals surface area contributed by atoms with Gasteiger partial charge in [-0.05, 0) is 23.8 Å². The first-order valence-electron chi connectivity index (χ1n) is 9.69. The van der Waals surface area contributed by atoms with E-state index in [1.54, 1.807) is 0 Å². The Morgan fingerprint density at radius 1 is 1.09 bits per heavy atom. The maximum absolute atomic E-state index is 13.2. The fourth-order valence-electron chi connectivity index (χ4n) is 3.86. The summed E-state index contributed by atoms with van der Waals surface area (Å²) in [5.41, 5.74) is -0.936. The molecule has 4 rings (SSSR count). The Balaban J connectivity index is 1.96. The van der Waals surface area contributed by atoms with E-state index in [0.717, 1.165) is 12.3 Å². The fraction of sp³-hybridized carbons (Fsp3) is 0.273. The van der Waals surface area contributed by atoms with Crippen molar-refractivity contribution in [2.45, 2.75) is 30.5 Å². The molecule has 0 spiro atoms. The Morgan fingerprint density at radius 2 is 1.76 bits per heavy atom. The number of aliphatic hydroxyl groups excluding tert-OH is 3. The SMILES string of the molecule is COc1cc([O-])c2c(=O)c(-c3ccc(O)cc3)coc2c1[C@@H]1O[C@H](C(=O)[O-])[C@@H](O)[C@H](O)[C@H]1O. The summed E-state index contributed by atoms with van der Waals surface area (Å²) in [5, 5.41) is 63.8. The number of carboxylic acids is 1. The van der Waals surface area contributed by atoms with Crippen molar-refractivity contribution in [3.8, 4) is 28.4 Å². The van der Waals surface area contributed by atoms with Crippen LogP contribution in [0.5, 0.6) is 17.2 Å². The van der Waals surface area contributed by atoms with E-state index in [1.807, 2.05) is 0 Å². The van der Waals surface area contributed by atoms with Crippen LogP contribution in [0.3, 0.4) is 0 Å². The Bertz CT molecular complexity index is 1260. The van der Waals surface area contributed by atoms with Crippen LogP contribution < -0.4 is 20.4 Å². The molecule has 11 heteroatoms. The summed E-state index contributed by atoms with van der Waals surface area (Å²) in [7, 11) is 1.18. The summed E-state index contributed by atoms with van der Waals surface area (Å²) in [6, 6.07) is 6.51. The van der Waals surface area contributed by atoms with Crippen molar-refractivity contribution in [3.05, 3.63) is 52.4 Å². The lowest BCUT2D eigenvalue weighted by Gasteiger charge is -2.41. The van der Waals surface area contributed by atoms with Gasteiger partial charge in [-0.15, -0.1) is 0 Å². The molecule has 0 radical (unpaired) electrons. The topological polar surface area (TPSA) is 193 Å². The van der Waals surface area contributed by atoms with Gasteiger partial charge in [-0.3, -0.25) is 4.79 Å². The summed E-state index contributed by atoms with van der Waals surface area (Å²) in [6.07, 6.45) is -8.45. The van der Waals surface area contributed by atoms with Crippen molar-refractivity contribution < 1.29 is 49.3 Å². The Morgan fingerprint density at radius 3 is 2.36 bits per heavy atom. The van der Waals surface area contributed by atoms with Crippen LogP contribution in [0.15, 0.2) is 45.8 Å². The second-order valence-corrected chi connectivity index (χ2v) is 7.49. The highest BCUT2D eigenvalue weighted by molar-refractivity contribution is 5.91. The Hall–Kier alpha value is -3.64. The monoisotopic (exact) mass is 458 g/mol. The highest BCUT2D eigenvalue weighted by Crippen LogP contribution is 2.43. The van der Waals surface area contributed by atoms with E-state index >= 15 is 0 Å². The molecule has 0 unspecified atom stereocenters. The third-order valence-electron chi connectivity index (χ3n) is 5.54. The average Bonchev–Trinajstić information content (AvgIpc) is 2.78. The molecule has 0 bridgehead atoms. The van der Waals surface area contributed by atoms with Gasteiger partial charge in [0.25, 0.3) is 0 Å². The number of hydrogen-bond acceptors (Lipinski definition) is 11. The van der Waals surface area contributed by atoms with E-state index < -0.39 is 53.1 Å². The van der Waals surface area contributed by atoms with Crippen LogP contribution in [-0.4, -0.2) is 57.9 Å². The predicted octanol–water partition coefficient (Wildman–Crippen LogP) is -1.48. The number of methoxy groups -OCH3 is 1. The number of carboxylic acid groups (broad SMARTS) is 1. The highest BCUT2D eigenvalue weighted by Gasteiger charge is 2.46. The van der Waals surface area contributed by atoms with E-state index in [2.05, 4.69) is 0 Å². The van der Waals surface area contributed by atoms with Gasteiger partial charge in [0.2, 0.25) is 0 Å². The Labute approximate surface area is 185 Å². The molecule has 3 aromatic rings. The number of phenols is 1. The standard InChI is InChI=1S/C22H20O11/c1-31-12-6-11(24)13-15(25)10(8-2-4-9(23)5-3-8)7-32-19(13)14(12)20-17(27)16(26)18(28)21(33-20)22(29)30/h2-7,16-18,20-21,23-24,26-28H,1H3,(H,29,30)/p-2/t16-,17-,18+,20+,21+/m1/s1. The third-order valence-corrected chi connectivity index (χ3v) is 5.54. The lowest BCUT2D eigenvalue weighted by atomic mass is 9.89. The fourth-order valence-corrected chi connectivity index (χ4v) is 3.86. The zero-order valence-corrected chi connectivity index (χ0v) is 17.0. The number of ether oxygens (including phenoxy) is 2. The van der Waals surface area contributed by atoms with Crippen molar-refractivity contribution >= 4 is 16.9 Å². The van der Waals surface area contributed by atoms with E-state index in [-0.39, 0.29) is 28.2 Å². The number of rotatable bonds is 4. The molecule has 2 heterocycles. The molecule has 1 fully saturated rings. The number of aliphatic hydroxyl groups is 3. The van der Waals surface area contributed by atoms with Gasteiger partial charge in [0, 0.05) is 0 Å². The van der Waals surface area contributed by atoms with E-state index in [9.17, 15) is 40.2 Å². The maximum atomic E-state index is 13.2. The molecule has 0 saturated carbocycles. The summed E-state index contributed by atoms with van der Waals surface area (Å²) in [6.45, 7) is 0. The molecule has 1 aromatic heterocycles. The van der Waals surface area contributed by atoms with Crippen LogP contribution in [-0.2, 0) is 9.53 Å². The smallest absolute Gasteiger partial charge is 0.199 e. The molecule has 1 saturated heterocycles. The summed E-state index contributed by atoms with van der Waals surface area (Å²) in [4.78, 5) is 24.6. The first-order valence-corrected chi connectivity index (χ1v) is 9.69. The molecule has 0 amide bonds. The lowest BCUT2D eigenvalue weighted by Crippen LogP contribution is -2.59. The number of carbonyl (C=O) groups excluding carboxylic acids is 1. The Kier molecular flexibility index (Phi) is 5.72. The second kappa shape index (κ2) is 8.37. The molecular weight excluding hydrogens is 440 g/mol. The number of fused-ring (bicyclic) bond motifs is 1. The number of carbonyl (C=O) groups is 1. The molecule has 33 heavy (non-hydrogen) atoms. The van der Waals surface area contributed by atoms with Crippen LogP contribution in [0, 0.1) is 0 Å². The summed E-state index contributed by atoms with van der Waals surface area (Å²) < 4.78 is 16.0. The van der Waals surface area contributed by atoms with Gasteiger partial charge >= 0.3 is 0 Å². The van der Waals surface area contributed by atoms with Crippen LogP contribution in [0.25, 0.3) is 22.1 Å². The van der Waals surface area contributed by atoms with Gasteiger partial charge in [-0.1, -0.05) is 17.9 Å². The van der Waals surface area contributed by atoms with Crippen molar-refractivity contribution in [1.29, 1.82) is 0 Å². The molecule has 5 atom stereocenters. The third kappa shape index (κ3) is 3.66. The number of benzene rings is 2. The van der Waals surface area contributed by atoms with Gasteiger partial charge in [0.1, 0.15) is 53.9 Å². The summed E-state index contributed by atoms with van der Waals surface area (Å²) in [5.74, 6) is -2.86. The largest absolute Gasteiger partial charge is 0.872 e. The molecule has 0 aliphatic carbocycles. The first-order chi connectivity index (χ1) is 15.6. The average molecular weight is 458 g/mol. The quantitative estimate of drug-likeness (QED) is 0.356. The predicted molar refractivity (Wildman–Crippen MR) is 106 cm³/mol. The number of aliphatic carboxylic acids is 1. The van der Waals surface area contributed by atoms with E-state index in [4.69, 9.17) is 13.9 Å². The van der Waals surface area contributed by atoms with Gasteiger partial charge in [0.15, 0.2) is 5.43 Å². The second-order valence-electron chi connectivity index (χ2n) is 7.49. The minimum Gasteiger partial charge on any atom is -0.872 e. The lowest BCUT2D eigenvalue weighted by molar-refractivity contribution is -0.333. The van der Waals surface area contributed by atoms with Gasteiger partial charge in [0.05, 0.1) is 29.6 Å². The van der Waals surface area contributed by atoms with Crippen molar-refractivity contribution in [2.75, 3.05) is 7.11 Å². The van der Waals surface area contributed by atoms with Gasteiger partial charge in [-0.25, -0.2) is 0 Å². The molecular formula is C22H18O11-2. The van der Waals surface area contributed by atoms with Gasteiger partial charge < -0.3 is 49.3 Å². The highest BCUT2D eigenvalue weighted by atomic mass is 16.6. The molecule has 11 nitrogen and oxygen atoms in total. The number of phenolic OH excluding ortho intramolecular Hbond substituents is 1. The van der Waals surface area contributed by atoms with Crippen LogP contribution in [0.4, 0.5) is 0 Å². The number of aromatic hydroxyl groups is 1. The van der Waals surface area contributed by atoms with Gasteiger partial charge in [-0.2, -0.15) is 0 Å².